The van der Waals surface area contributed by atoms with Gasteiger partial charge >= 0.3 is 0 Å². The van der Waals surface area contributed by atoms with E-state index in [1.165, 1.54) is 10.9 Å². The highest BCUT2D eigenvalue weighted by molar-refractivity contribution is 5.90. The molecular weight excluding hydrogens is 382 g/mol. The summed E-state index contributed by atoms with van der Waals surface area (Å²) in [5.74, 6) is 1.58. The molecule has 1 heterocycles. The second-order valence-electron chi connectivity index (χ2n) is 11.2. The lowest BCUT2D eigenvalue weighted by Gasteiger charge is -2.68. The molecule has 1 spiro atoms. The molecule has 3 aliphatic rings. The maximum absolute atomic E-state index is 14.2. The number of H-pyrrole nitrogens is 1. The summed E-state index contributed by atoms with van der Waals surface area (Å²) in [7, 11) is 0. The Morgan fingerprint density at radius 1 is 1.19 bits per heavy atom. The number of hydrogen-bond acceptors (Lipinski definition) is 2. The molecule has 1 aromatic carbocycles. The molecule has 0 unspecified atom stereocenters. The van der Waals surface area contributed by atoms with Gasteiger partial charge in [0.05, 0.1) is 11.5 Å². The number of rotatable bonds is 2. The molecule has 3 fully saturated rings. The SMILES string of the molecule is C=C(C)[C@H]1CC(=O)[C@@]23[C@@H]([C@@H]1c1c[nH]c4ccccc14)[C@@H](C)CC[C@]2(C)[C@@H](C)CC[C@H]3O. The van der Waals surface area contributed by atoms with E-state index in [1.54, 1.807) is 0 Å². The summed E-state index contributed by atoms with van der Waals surface area (Å²) in [5, 5.41) is 12.9. The molecule has 3 heteroatoms. The van der Waals surface area contributed by atoms with E-state index in [9.17, 15) is 9.90 Å². The molecule has 0 radical (unpaired) electrons. The van der Waals surface area contributed by atoms with E-state index < -0.39 is 11.5 Å². The van der Waals surface area contributed by atoms with Gasteiger partial charge in [0.15, 0.2) is 0 Å². The number of aromatic nitrogens is 1. The fraction of sp³-hybridized carbons (Fsp3) is 0.607. The zero-order valence-electron chi connectivity index (χ0n) is 19.4. The van der Waals surface area contributed by atoms with Crippen LogP contribution in [0.3, 0.4) is 0 Å². The standard InChI is InChI=1S/C28H37NO2/c1-16(2)20-14-24(31)28-23(30)11-10-18(4)27(28,5)13-12-17(3)26(28)25(20)21-15-29-22-9-7-6-8-19(21)22/h6-9,15,17-18,20,23,25-26,29-30H,1,10-14H2,2-5H3/t17-,18-,20+,23+,25-,26+,27+,28-/m0/s1. The summed E-state index contributed by atoms with van der Waals surface area (Å²) < 4.78 is 0. The van der Waals surface area contributed by atoms with Crippen molar-refractivity contribution in [3.63, 3.8) is 0 Å². The number of allylic oxidation sites excluding steroid dienone is 1. The number of benzene rings is 1. The van der Waals surface area contributed by atoms with E-state index in [-0.39, 0.29) is 23.2 Å². The second-order valence-corrected chi connectivity index (χ2v) is 11.2. The molecule has 0 saturated heterocycles. The van der Waals surface area contributed by atoms with Crippen LogP contribution in [0, 0.1) is 34.5 Å². The smallest absolute Gasteiger partial charge is 0.143 e. The monoisotopic (exact) mass is 419 g/mol. The van der Waals surface area contributed by atoms with E-state index in [0.29, 0.717) is 24.0 Å². The third kappa shape index (κ3) is 2.59. The molecule has 3 nitrogen and oxygen atoms in total. The first-order valence-electron chi connectivity index (χ1n) is 12.2. The van der Waals surface area contributed by atoms with E-state index in [4.69, 9.17) is 0 Å². The van der Waals surface area contributed by atoms with Crippen LogP contribution in [-0.4, -0.2) is 22.0 Å². The Morgan fingerprint density at radius 3 is 2.68 bits per heavy atom. The minimum absolute atomic E-state index is 0.122. The van der Waals surface area contributed by atoms with Crippen LogP contribution in [0.25, 0.3) is 10.9 Å². The molecular formula is C28H37NO2. The van der Waals surface area contributed by atoms with Gasteiger partial charge < -0.3 is 10.1 Å². The highest BCUT2D eigenvalue weighted by Gasteiger charge is 2.71. The molecule has 8 atom stereocenters. The topological polar surface area (TPSA) is 53.1 Å². The molecule has 0 aliphatic heterocycles. The van der Waals surface area contributed by atoms with Crippen molar-refractivity contribution in [2.75, 3.05) is 0 Å². The van der Waals surface area contributed by atoms with E-state index in [0.717, 1.165) is 36.8 Å². The van der Waals surface area contributed by atoms with Crippen molar-refractivity contribution in [3.05, 3.63) is 48.2 Å². The van der Waals surface area contributed by atoms with Crippen molar-refractivity contribution in [2.24, 2.45) is 34.5 Å². The normalized spacial score (nSPS) is 42.8. The summed E-state index contributed by atoms with van der Waals surface area (Å²) in [6.07, 6.45) is 6.03. The van der Waals surface area contributed by atoms with Crippen molar-refractivity contribution in [3.8, 4) is 0 Å². The van der Waals surface area contributed by atoms with Gasteiger partial charge in [-0.15, -0.1) is 0 Å². The average molecular weight is 420 g/mol. The molecule has 1 aromatic heterocycles. The minimum atomic E-state index is -0.655. The maximum Gasteiger partial charge on any atom is 0.143 e. The molecule has 2 N–H and O–H groups in total. The number of hydrogen-bond donors (Lipinski definition) is 2. The number of nitrogens with one attached hydrogen (secondary N) is 1. The predicted molar refractivity (Wildman–Crippen MR) is 126 cm³/mol. The van der Waals surface area contributed by atoms with Crippen molar-refractivity contribution in [2.45, 2.75) is 71.8 Å². The van der Waals surface area contributed by atoms with E-state index >= 15 is 0 Å². The van der Waals surface area contributed by atoms with Gasteiger partial charge in [0.2, 0.25) is 0 Å². The van der Waals surface area contributed by atoms with Crippen LogP contribution < -0.4 is 0 Å². The summed E-state index contributed by atoms with van der Waals surface area (Å²) in [4.78, 5) is 17.7. The van der Waals surface area contributed by atoms with Crippen LogP contribution in [0.1, 0.15) is 71.3 Å². The fourth-order valence-electron chi connectivity index (χ4n) is 8.29. The molecule has 3 saturated carbocycles. The van der Waals surface area contributed by atoms with Gasteiger partial charge in [-0.3, -0.25) is 4.79 Å². The number of aliphatic hydroxyl groups excluding tert-OH is 1. The van der Waals surface area contributed by atoms with E-state index in [2.05, 4.69) is 69.7 Å². The number of carbonyl (C=O) groups excluding carboxylic acids is 1. The summed E-state index contributed by atoms with van der Waals surface area (Å²) >= 11 is 0. The molecule has 0 amide bonds. The number of para-hydroxylation sites is 1. The van der Waals surface area contributed by atoms with Crippen LogP contribution in [0.4, 0.5) is 0 Å². The first-order chi connectivity index (χ1) is 14.7. The Morgan fingerprint density at radius 2 is 1.94 bits per heavy atom. The predicted octanol–water partition coefficient (Wildman–Crippen LogP) is 6.25. The number of aliphatic hydroxyl groups is 1. The van der Waals surface area contributed by atoms with Gasteiger partial charge in [-0.05, 0) is 79.2 Å². The first-order valence-corrected chi connectivity index (χ1v) is 12.2. The number of ketones is 1. The third-order valence-electron chi connectivity index (χ3n) is 9.99. The molecule has 166 valence electrons. The van der Waals surface area contributed by atoms with Gasteiger partial charge in [0.25, 0.3) is 0 Å². The lowest BCUT2D eigenvalue weighted by atomic mass is 9.35. The van der Waals surface area contributed by atoms with Crippen molar-refractivity contribution in [1.82, 2.24) is 4.98 Å². The summed E-state index contributed by atoms with van der Waals surface area (Å²) in [5.41, 5.74) is 2.74. The lowest BCUT2D eigenvalue weighted by molar-refractivity contribution is -0.218. The molecule has 2 aromatic rings. The number of aromatic amines is 1. The van der Waals surface area contributed by atoms with Gasteiger partial charge in [0.1, 0.15) is 5.78 Å². The molecule has 5 rings (SSSR count). The van der Waals surface area contributed by atoms with Crippen LogP contribution in [0.15, 0.2) is 42.6 Å². The first kappa shape index (κ1) is 21.0. The Balaban J connectivity index is 1.78. The Labute approximate surface area is 186 Å². The van der Waals surface area contributed by atoms with Gasteiger partial charge in [-0.1, -0.05) is 51.1 Å². The fourth-order valence-corrected chi connectivity index (χ4v) is 8.29. The lowest BCUT2D eigenvalue weighted by Crippen LogP contribution is -2.69. The third-order valence-corrected chi connectivity index (χ3v) is 9.99. The van der Waals surface area contributed by atoms with Crippen LogP contribution >= 0.6 is 0 Å². The molecule has 0 bridgehead atoms. The Kier molecular flexibility index (Phi) is 4.79. The Hall–Kier alpha value is -1.87. The van der Waals surface area contributed by atoms with Gasteiger partial charge in [-0.25, -0.2) is 0 Å². The van der Waals surface area contributed by atoms with Crippen LogP contribution in [-0.2, 0) is 4.79 Å². The number of Topliss-reactive ketones (excluding diaryl/α,β-unsaturated/α-hetero) is 1. The number of carbonyl (C=O) groups is 1. The minimum Gasteiger partial charge on any atom is -0.392 e. The van der Waals surface area contributed by atoms with Gasteiger partial charge in [0, 0.05) is 23.5 Å². The van der Waals surface area contributed by atoms with Gasteiger partial charge in [-0.2, -0.15) is 0 Å². The van der Waals surface area contributed by atoms with Crippen LogP contribution in [0.2, 0.25) is 0 Å². The zero-order chi connectivity index (χ0) is 22.1. The maximum atomic E-state index is 14.2. The van der Waals surface area contributed by atoms with Crippen molar-refractivity contribution < 1.29 is 9.90 Å². The zero-order valence-corrected chi connectivity index (χ0v) is 19.4. The highest BCUT2D eigenvalue weighted by atomic mass is 16.3. The number of fused-ring (bicyclic) bond motifs is 1. The van der Waals surface area contributed by atoms with Crippen LogP contribution in [0.5, 0.6) is 0 Å². The highest BCUT2D eigenvalue weighted by Crippen LogP contribution is 2.71. The van der Waals surface area contributed by atoms with Crippen molar-refractivity contribution in [1.29, 1.82) is 0 Å². The molecule has 3 aliphatic carbocycles. The van der Waals surface area contributed by atoms with Crippen molar-refractivity contribution >= 4 is 16.7 Å². The molecule has 31 heavy (non-hydrogen) atoms. The second kappa shape index (κ2) is 7.07. The summed E-state index contributed by atoms with van der Waals surface area (Å²) in [6.45, 7) is 13.4. The largest absolute Gasteiger partial charge is 0.392 e. The summed E-state index contributed by atoms with van der Waals surface area (Å²) in [6, 6.07) is 8.50. The van der Waals surface area contributed by atoms with E-state index in [1.807, 2.05) is 0 Å². The quantitative estimate of drug-likeness (QED) is 0.566. The Bertz CT molecular complexity index is 1040. The average Bonchev–Trinajstić information content (AvgIpc) is 3.17.